The highest BCUT2D eigenvalue weighted by Gasteiger charge is 2.41. The van der Waals surface area contributed by atoms with Crippen molar-refractivity contribution in [1.82, 2.24) is 0 Å². The molecule has 0 spiro atoms. The van der Waals surface area contributed by atoms with Crippen molar-refractivity contribution >= 4 is 0 Å². The van der Waals surface area contributed by atoms with E-state index in [2.05, 4.69) is 0 Å². The molecule has 2 rings (SSSR count). The lowest BCUT2D eigenvalue weighted by molar-refractivity contribution is 0.185. The van der Waals surface area contributed by atoms with Crippen molar-refractivity contribution in [2.24, 2.45) is 17.8 Å². The van der Waals surface area contributed by atoms with E-state index in [1.54, 1.807) is 0 Å². The van der Waals surface area contributed by atoms with E-state index in [0.29, 0.717) is 12.5 Å². The van der Waals surface area contributed by atoms with Crippen molar-refractivity contribution in [3.8, 4) is 0 Å². The molecule has 0 aromatic carbocycles. The molecule has 0 aromatic rings. The normalized spacial score (nSPS) is 48.3. The third-order valence-corrected chi connectivity index (χ3v) is 2.91. The third-order valence-electron chi connectivity index (χ3n) is 2.91. The predicted octanol–water partition coefficient (Wildman–Crippen LogP) is 1.41. The number of aliphatic hydroxyl groups excluding tert-OH is 1. The molecule has 2 aliphatic carbocycles. The SMILES string of the molecule is OC[C@@H]1CC[C@H]2C[C@H]2C1. The van der Waals surface area contributed by atoms with Crippen LogP contribution in [0, 0.1) is 17.8 Å². The van der Waals surface area contributed by atoms with Crippen molar-refractivity contribution in [1.29, 1.82) is 0 Å². The Morgan fingerprint density at radius 2 is 2.00 bits per heavy atom. The Labute approximate surface area is 56.1 Å². The van der Waals surface area contributed by atoms with E-state index in [1.165, 1.54) is 25.7 Å². The van der Waals surface area contributed by atoms with E-state index in [9.17, 15) is 0 Å². The topological polar surface area (TPSA) is 20.2 Å². The van der Waals surface area contributed by atoms with E-state index in [0.717, 1.165) is 11.8 Å². The first kappa shape index (κ1) is 5.72. The fourth-order valence-electron chi connectivity index (χ4n) is 2.11. The zero-order valence-corrected chi connectivity index (χ0v) is 5.71. The van der Waals surface area contributed by atoms with Crippen LogP contribution in [-0.4, -0.2) is 11.7 Å². The van der Waals surface area contributed by atoms with Crippen LogP contribution >= 0.6 is 0 Å². The summed E-state index contributed by atoms with van der Waals surface area (Å²) in [6, 6.07) is 0. The number of hydrogen-bond donors (Lipinski definition) is 1. The molecule has 0 saturated heterocycles. The van der Waals surface area contributed by atoms with Gasteiger partial charge in [0.1, 0.15) is 0 Å². The Balaban J connectivity index is 1.86. The molecule has 0 radical (unpaired) electrons. The molecule has 0 unspecified atom stereocenters. The van der Waals surface area contributed by atoms with E-state index in [1.807, 2.05) is 0 Å². The summed E-state index contributed by atoms with van der Waals surface area (Å²) in [7, 11) is 0. The molecular weight excluding hydrogens is 112 g/mol. The van der Waals surface area contributed by atoms with Gasteiger partial charge in [-0.3, -0.25) is 0 Å². The lowest BCUT2D eigenvalue weighted by atomic mass is 9.90. The van der Waals surface area contributed by atoms with Gasteiger partial charge in [-0.15, -0.1) is 0 Å². The van der Waals surface area contributed by atoms with Gasteiger partial charge in [0.2, 0.25) is 0 Å². The number of fused-ring (bicyclic) bond motifs is 1. The maximum absolute atomic E-state index is 8.83. The maximum Gasteiger partial charge on any atom is 0.0459 e. The number of rotatable bonds is 1. The van der Waals surface area contributed by atoms with Gasteiger partial charge in [-0.2, -0.15) is 0 Å². The summed E-state index contributed by atoms with van der Waals surface area (Å²) in [6.07, 6.45) is 5.48. The van der Waals surface area contributed by atoms with Gasteiger partial charge in [-0.1, -0.05) is 0 Å². The molecule has 1 N–H and O–H groups in total. The minimum atomic E-state index is 0.434. The Hall–Kier alpha value is -0.0400. The first-order chi connectivity index (χ1) is 4.40. The van der Waals surface area contributed by atoms with Gasteiger partial charge in [-0.05, 0) is 43.4 Å². The molecule has 9 heavy (non-hydrogen) atoms. The van der Waals surface area contributed by atoms with E-state index in [4.69, 9.17) is 5.11 Å². The minimum absolute atomic E-state index is 0.434. The predicted molar refractivity (Wildman–Crippen MR) is 36.0 cm³/mol. The monoisotopic (exact) mass is 126 g/mol. The molecule has 2 aliphatic rings. The highest BCUT2D eigenvalue weighted by atomic mass is 16.3. The summed E-state index contributed by atoms with van der Waals surface area (Å²) in [4.78, 5) is 0. The summed E-state index contributed by atoms with van der Waals surface area (Å²) in [5, 5.41) is 8.83. The van der Waals surface area contributed by atoms with E-state index in [-0.39, 0.29) is 0 Å². The van der Waals surface area contributed by atoms with Crippen LogP contribution < -0.4 is 0 Å². The van der Waals surface area contributed by atoms with Gasteiger partial charge in [0.15, 0.2) is 0 Å². The van der Waals surface area contributed by atoms with Gasteiger partial charge in [0, 0.05) is 6.61 Å². The lowest BCUT2D eigenvalue weighted by Crippen LogP contribution is -2.11. The average molecular weight is 126 g/mol. The van der Waals surface area contributed by atoms with Crippen LogP contribution in [0.2, 0.25) is 0 Å². The van der Waals surface area contributed by atoms with Crippen LogP contribution in [0.3, 0.4) is 0 Å². The molecule has 3 atom stereocenters. The zero-order valence-electron chi connectivity index (χ0n) is 5.71. The van der Waals surface area contributed by atoms with Crippen LogP contribution in [0.4, 0.5) is 0 Å². The fraction of sp³-hybridized carbons (Fsp3) is 1.00. The van der Waals surface area contributed by atoms with E-state index >= 15 is 0 Å². The molecule has 2 saturated carbocycles. The summed E-state index contributed by atoms with van der Waals surface area (Å²) in [5.41, 5.74) is 0. The molecule has 2 fully saturated rings. The molecular formula is C8H14O. The molecule has 0 aromatic heterocycles. The highest BCUT2D eigenvalue weighted by molar-refractivity contribution is 4.91. The van der Waals surface area contributed by atoms with Crippen molar-refractivity contribution < 1.29 is 5.11 Å². The first-order valence-corrected chi connectivity index (χ1v) is 4.01. The largest absolute Gasteiger partial charge is 0.396 e. The van der Waals surface area contributed by atoms with Crippen molar-refractivity contribution in [2.45, 2.75) is 25.7 Å². The number of aliphatic hydroxyl groups is 1. The van der Waals surface area contributed by atoms with Crippen LogP contribution in [0.1, 0.15) is 25.7 Å². The van der Waals surface area contributed by atoms with Crippen LogP contribution in [0.25, 0.3) is 0 Å². The second-order valence-corrected chi connectivity index (χ2v) is 3.62. The van der Waals surface area contributed by atoms with Gasteiger partial charge in [0.25, 0.3) is 0 Å². The molecule has 0 heterocycles. The smallest absolute Gasteiger partial charge is 0.0459 e. The molecule has 1 heteroatoms. The first-order valence-electron chi connectivity index (χ1n) is 4.01. The van der Waals surface area contributed by atoms with Gasteiger partial charge in [0.05, 0.1) is 0 Å². The molecule has 0 amide bonds. The Bertz CT molecular complexity index is 111. The van der Waals surface area contributed by atoms with Crippen molar-refractivity contribution in [3.63, 3.8) is 0 Å². The third kappa shape index (κ3) is 0.983. The molecule has 52 valence electrons. The van der Waals surface area contributed by atoms with Crippen LogP contribution in [0.5, 0.6) is 0 Å². The van der Waals surface area contributed by atoms with Crippen molar-refractivity contribution in [2.75, 3.05) is 6.61 Å². The second-order valence-electron chi connectivity index (χ2n) is 3.62. The highest BCUT2D eigenvalue weighted by Crippen LogP contribution is 2.51. The summed E-state index contributed by atoms with van der Waals surface area (Å²) in [6.45, 7) is 0.434. The molecule has 0 bridgehead atoms. The standard InChI is InChI=1S/C8H14O/c9-5-6-1-2-7-4-8(7)3-6/h6-9H,1-5H2/t6-,7+,8-/m1/s1. The average Bonchev–Trinajstić information content (AvgIpc) is 2.64. The van der Waals surface area contributed by atoms with E-state index < -0.39 is 0 Å². The maximum atomic E-state index is 8.83. The van der Waals surface area contributed by atoms with Gasteiger partial charge < -0.3 is 5.11 Å². The summed E-state index contributed by atoms with van der Waals surface area (Å²) in [5.74, 6) is 2.76. The summed E-state index contributed by atoms with van der Waals surface area (Å²) < 4.78 is 0. The molecule has 0 aliphatic heterocycles. The lowest BCUT2D eigenvalue weighted by Gasteiger charge is -2.17. The van der Waals surface area contributed by atoms with Crippen LogP contribution in [-0.2, 0) is 0 Å². The minimum Gasteiger partial charge on any atom is -0.396 e. The van der Waals surface area contributed by atoms with Gasteiger partial charge in [-0.25, -0.2) is 0 Å². The Morgan fingerprint density at radius 1 is 1.11 bits per heavy atom. The number of hydrogen-bond acceptors (Lipinski definition) is 1. The molecule has 1 nitrogen and oxygen atoms in total. The quantitative estimate of drug-likeness (QED) is 0.563. The zero-order chi connectivity index (χ0) is 6.27. The Kier molecular flexibility index (Phi) is 1.26. The second kappa shape index (κ2) is 1.98. The van der Waals surface area contributed by atoms with Crippen LogP contribution in [0.15, 0.2) is 0 Å². The van der Waals surface area contributed by atoms with Crippen molar-refractivity contribution in [3.05, 3.63) is 0 Å². The summed E-state index contributed by atoms with van der Waals surface area (Å²) >= 11 is 0. The fourth-order valence-corrected chi connectivity index (χ4v) is 2.11. The van der Waals surface area contributed by atoms with Gasteiger partial charge >= 0.3 is 0 Å². The Morgan fingerprint density at radius 3 is 2.67 bits per heavy atom.